The van der Waals surface area contributed by atoms with Crippen molar-refractivity contribution in [3.63, 3.8) is 0 Å². The van der Waals surface area contributed by atoms with Crippen molar-refractivity contribution in [2.24, 2.45) is 5.92 Å². The van der Waals surface area contributed by atoms with Gasteiger partial charge in [0.05, 0.1) is 0 Å². The second-order valence-corrected chi connectivity index (χ2v) is 4.59. The first-order valence-corrected chi connectivity index (χ1v) is 6.38. The zero-order chi connectivity index (χ0) is 11.9. The average Bonchev–Trinajstić information content (AvgIpc) is 2.41. The molecule has 0 radical (unpaired) electrons. The summed E-state index contributed by atoms with van der Waals surface area (Å²) in [6.07, 6.45) is 9.45. The van der Waals surface area contributed by atoms with Crippen molar-refractivity contribution in [3.05, 3.63) is 42.1 Å². The lowest BCUT2D eigenvalue weighted by Gasteiger charge is -2.19. The van der Waals surface area contributed by atoms with Crippen LogP contribution >= 0.6 is 0 Å². The van der Waals surface area contributed by atoms with Crippen LogP contribution in [0.4, 0.5) is 0 Å². The van der Waals surface area contributed by atoms with Crippen LogP contribution in [-0.2, 0) is 4.79 Å². The summed E-state index contributed by atoms with van der Waals surface area (Å²) in [4.78, 5) is 11.8. The lowest BCUT2D eigenvalue weighted by Crippen LogP contribution is -2.28. The number of amides is 1. The van der Waals surface area contributed by atoms with Gasteiger partial charge in [-0.1, -0.05) is 49.6 Å². The number of nitrogens with one attached hydrogen (secondary N) is 1. The van der Waals surface area contributed by atoms with Crippen LogP contribution in [0.3, 0.4) is 0 Å². The maximum atomic E-state index is 11.8. The van der Waals surface area contributed by atoms with Gasteiger partial charge in [0.1, 0.15) is 0 Å². The predicted octanol–water partition coefficient (Wildman–Crippen LogP) is 3.35. The Balaban J connectivity index is 1.81. The summed E-state index contributed by atoms with van der Waals surface area (Å²) < 4.78 is 0. The molecule has 1 aliphatic carbocycles. The van der Waals surface area contributed by atoms with Crippen molar-refractivity contribution in [2.75, 3.05) is 0 Å². The molecule has 1 aliphatic rings. The van der Waals surface area contributed by atoms with Crippen LogP contribution in [0.15, 0.2) is 36.5 Å². The topological polar surface area (TPSA) is 29.1 Å². The number of benzene rings is 1. The van der Waals surface area contributed by atoms with Crippen LogP contribution in [0.25, 0.3) is 6.08 Å². The number of hydrogen-bond acceptors (Lipinski definition) is 1. The van der Waals surface area contributed by atoms with Gasteiger partial charge in [-0.25, -0.2) is 0 Å². The summed E-state index contributed by atoms with van der Waals surface area (Å²) in [6, 6.07) is 10.00. The Morgan fingerprint density at radius 2 is 1.82 bits per heavy atom. The lowest BCUT2D eigenvalue weighted by molar-refractivity contribution is -0.124. The molecule has 0 saturated heterocycles. The standard InChI is InChI=1S/C15H19NO/c17-15(14-9-5-2-6-10-14)16-12-11-13-7-3-1-4-8-13/h1,3-4,7-8,11-12,14H,2,5-6,9-10H2,(H,16,17)/b12-11-. The molecule has 1 aromatic rings. The molecule has 2 nitrogen and oxygen atoms in total. The first-order valence-electron chi connectivity index (χ1n) is 6.38. The van der Waals surface area contributed by atoms with Crippen LogP contribution < -0.4 is 5.32 Å². The van der Waals surface area contributed by atoms with Gasteiger partial charge in [0, 0.05) is 12.1 Å². The maximum Gasteiger partial charge on any atom is 0.227 e. The van der Waals surface area contributed by atoms with Gasteiger partial charge in [-0.2, -0.15) is 0 Å². The summed E-state index contributed by atoms with van der Waals surface area (Å²) in [6.45, 7) is 0. The summed E-state index contributed by atoms with van der Waals surface area (Å²) >= 11 is 0. The van der Waals surface area contributed by atoms with Gasteiger partial charge in [-0.3, -0.25) is 4.79 Å². The van der Waals surface area contributed by atoms with Crippen molar-refractivity contribution in [3.8, 4) is 0 Å². The van der Waals surface area contributed by atoms with Crippen molar-refractivity contribution < 1.29 is 4.79 Å². The van der Waals surface area contributed by atoms with Crippen LogP contribution in [0, 0.1) is 5.92 Å². The zero-order valence-electron chi connectivity index (χ0n) is 10.1. The third-order valence-corrected chi connectivity index (χ3v) is 3.28. The first-order chi connectivity index (χ1) is 8.36. The van der Waals surface area contributed by atoms with Gasteiger partial charge in [-0.05, 0) is 24.5 Å². The molecule has 0 spiro atoms. The molecule has 1 amide bonds. The van der Waals surface area contributed by atoms with E-state index < -0.39 is 0 Å². The van der Waals surface area contributed by atoms with Crippen LogP contribution in [0.2, 0.25) is 0 Å². The summed E-state index contributed by atoms with van der Waals surface area (Å²) in [5.41, 5.74) is 1.11. The third-order valence-electron chi connectivity index (χ3n) is 3.28. The van der Waals surface area contributed by atoms with Crippen molar-refractivity contribution in [2.45, 2.75) is 32.1 Å². The van der Waals surface area contributed by atoms with E-state index >= 15 is 0 Å². The molecule has 2 heteroatoms. The largest absolute Gasteiger partial charge is 0.332 e. The second-order valence-electron chi connectivity index (χ2n) is 4.59. The molecule has 0 heterocycles. The van der Waals surface area contributed by atoms with E-state index in [4.69, 9.17) is 0 Å². The molecule has 0 aromatic heterocycles. The average molecular weight is 229 g/mol. The zero-order valence-corrected chi connectivity index (χ0v) is 10.1. The minimum atomic E-state index is 0.178. The van der Waals surface area contributed by atoms with E-state index in [-0.39, 0.29) is 11.8 Å². The second kappa shape index (κ2) is 6.24. The predicted molar refractivity (Wildman–Crippen MR) is 70.2 cm³/mol. The van der Waals surface area contributed by atoms with E-state index in [1.165, 1.54) is 19.3 Å². The quantitative estimate of drug-likeness (QED) is 0.846. The molecular formula is C15H19NO. The van der Waals surface area contributed by atoms with E-state index in [9.17, 15) is 4.79 Å². The first kappa shape index (κ1) is 11.9. The number of carbonyl (C=O) groups is 1. The highest BCUT2D eigenvalue weighted by atomic mass is 16.1. The lowest BCUT2D eigenvalue weighted by atomic mass is 9.89. The molecule has 1 N–H and O–H groups in total. The SMILES string of the molecule is O=C(N/C=C\c1ccccc1)C1CCCCC1. The molecule has 17 heavy (non-hydrogen) atoms. The Labute approximate surface area is 103 Å². The van der Waals surface area contributed by atoms with E-state index in [1.54, 1.807) is 6.20 Å². The smallest absolute Gasteiger partial charge is 0.227 e. The maximum absolute atomic E-state index is 11.8. The van der Waals surface area contributed by atoms with E-state index in [0.29, 0.717) is 0 Å². The fourth-order valence-corrected chi connectivity index (χ4v) is 2.27. The van der Waals surface area contributed by atoms with Crippen molar-refractivity contribution in [1.29, 1.82) is 0 Å². The van der Waals surface area contributed by atoms with E-state index in [2.05, 4.69) is 5.32 Å². The number of hydrogen-bond donors (Lipinski definition) is 1. The summed E-state index contributed by atoms with van der Waals surface area (Å²) in [5, 5.41) is 2.88. The summed E-state index contributed by atoms with van der Waals surface area (Å²) in [7, 11) is 0. The highest BCUT2D eigenvalue weighted by molar-refractivity contribution is 5.80. The Morgan fingerprint density at radius 1 is 1.12 bits per heavy atom. The van der Waals surface area contributed by atoms with Crippen LogP contribution in [0.1, 0.15) is 37.7 Å². The molecule has 1 saturated carbocycles. The molecule has 0 bridgehead atoms. The Bertz CT molecular complexity index is 377. The normalized spacial score (nSPS) is 17.2. The molecule has 1 fully saturated rings. The molecule has 1 aromatic carbocycles. The Hall–Kier alpha value is -1.57. The van der Waals surface area contributed by atoms with Gasteiger partial charge in [0.25, 0.3) is 0 Å². The van der Waals surface area contributed by atoms with Gasteiger partial charge >= 0.3 is 0 Å². The van der Waals surface area contributed by atoms with E-state index in [1.807, 2.05) is 36.4 Å². The third kappa shape index (κ3) is 3.74. The highest BCUT2D eigenvalue weighted by Crippen LogP contribution is 2.23. The molecule has 0 unspecified atom stereocenters. The van der Waals surface area contributed by atoms with E-state index in [0.717, 1.165) is 18.4 Å². The number of carbonyl (C=O) groups excluding carboxylic acids is 1. The molecular weight excluding hydrogens is 210 g/mol. The molecule has 0 aliphatic heterocycles. The van der Waals surface area contributed by atoms with Crippen LogP contribution in [0.5, 0.6) is 0 Å². The van der Waals surface area contributed by atoms with Crippen molar-refractivity contribution in [1.82, 2.24) is 5.32 Å². The fourth-order valence-electron chi connectivity index (χ4n) is 2.27. The monoisotopic (exact) mass is 229 g/mol. The summed E-state index contributed by atoms with van der Waals surface area (Å²) in [5.74, 6) is 0.404. The van der Waals surface area contributed by atoms with Crippen molar-refractivity contribution >= 4 is 12.0 Å². The van der Waals surface area contributed by atoms with Gasteiger partial charge in [0.2, 0.25) is 5.91 Å². The van der Waals surface area contributed by atoms with Gasteiger partial charge < -0.3 is 5.32 Å². The van der Waals surface area contributed by atoms with Crippen LogP contribution in [-0.4, -0.2) is 5.91 Å². The van der Waals surface area contributed by atoms with Gasteiger partial charge in [0.15, 0.2) is 0 Å². The molecule has 90 valence electrons. The highest BCUT2D eigenvalue weighted by Gasteiger charge is 2.19. The minimum absolute atomic E-state index is 0.178. The fraction of sp³-hybridized carbons (Fsp3) is 0.400. The molecule has 0 atom stereocenters. The Morgan fingerprint density at radius 3 is 2.53 bits per heavy atom. The Kier molecular flexibility index (Phi) is 4.37. The minimum Gasteiger partial charge on any atom is -0.332 e. The molecule has 2 rings (SSSR count). The number of rotatable bonds is 3. The van der Waals surface area contributed by atoms with Gasteiger partial charge in [-0.15, -0.1) is 0 Å².